The van der Waals surface area contributed by atoms with Crippen LogP contribution in [0.25, 0.3) is 11.3 Å². The van der Waals surface area contributed by atoms with Crippen molar-refractivity contribution in [2.24, 2.45) is 5.92 Å². The van der Waals surface area contributed by atoms with Crippen LogP contribution in [0.2, 0.25) is 0 Å². The van der Waals surface area contributed by atoms with Crippen molar-refractivity contribution in [3.63, 3.8) is 0 Å². The largest absolute Gasteiger partial charge is 0.434 e. The minimum Gasteiger partial charge on any atom is -0.434 e. The Morgan fingerprint density at radius 2 is 1.80 bits per heavy atom. The van der Waals surface area contributed by atoms with Gasteiger partial charge in [0.2, 0.25) is 0 Å². The maximum Gasteiger partial charge on any atom is 0.391 e. The monoisotopic (exact) mass is 434 g/mol. The number of benzene rings is 1. The highest BCUT2D eigenvalue weighted by Crippen LogP contribution is 2.37. The van der Waals surface area contributed by atoms with Crippen LogP contribution < -0.4 is 4.74 Å². The number of hydrogen-bond acceptors (Lipinski definition) is 4. The summed E-state index contributed by atoms with van der Waals surface area (Å²) in [6, 6.07) is 4.32. The van der Waals surface area contributed by atoms with Crippen molar-refractivity contribution in [1.29, 1.82) is 0 Å². The maximum absolute atomic E-state index is 12.9. The van der Waals surface area contributed by atoms with E-state index in [1.165, 1.54) is 18.2 Å². The van der Waals surface area contributed by atoms with Crippen LogP contribution in [-0.2, 0) is 29.0 Å². The van der Waals surface area contributed by atoms with Crippen LogP contribution in [0.4, 0.5) is 22.0 Å². The lowest BCUT2D eigenvalue weighted by molar-refractivity contribution is -0.191. The normalized spacial score (nSPS) is 12.2. The molecule has 1 heterocycles. The van der Waals surface area contributed by atoms with Gasteiger partial charge in [-0.1, -0.05) is 19.9 Å². The fourth-order valence-corrected chi connectivity index (χ4v) is 3.06. The lowest BCUT2D eigenvalue weighted by Gasteiger charge is -2.18. The fourth-order valence-electron chi connectivity index (χ4n) is 3.06. The molecule has 0 aliphatic rings. The van der Waals surface area contributed by atoms with Crippen LogP contribution in [0.1, 0.15) is 37.6 Å². The Morgan fingerprint density at radius 3 is 2.27 bits per heavy atom. The molecule has 1 aromatic carbocycles. The highest BCUT2D eigenvalue weighted by Gasteiger charge is 2.35. The first-order valence-corrected chi connectivity index (χ1v) is 9.20. The second-order valence-electron chi connectivity index (χ2n) is 6.53. The Labute approximate surface area is 170 Å². The minimum absolute atomic E-state index is 0.141. The van der Waals surface area contributed by atoms with E-state index in [-0.39, 0.29) is 23.9 Å². The molecule has 5 nitrogen and oxygen atoms in total. The van der Waals surface area contributed by atoms with Gasteiger partial charge in [-0.2, -0.15) is 36.6 Å². The molecule has 0 radical (unpaired) electrons. The molecule has 0 fully saturated rings. The minimum atomic E-state index is -4.35. The molecule has 0 aliphatic heterocycles. The van der Waals surface area contributed by atoms with Gasteiger partial charge in [0.1, 0.15) is 5.75 Å². The van der Waals surface area contributed by atoms with Crippen molar-refractivity contribution in [2.45, 2.75) is 59.9 Å². The summed E-state index contributed by atoms with van der Waals surface area (Å²) in [6.45, 7) is 4.17. The molecule has 1 aromatic heterocycles. The Kier molecular flexibility index (Phi) is 9.17. The molecule has 2 rings (SSSR count). The van der Waals surface area contributed by atoms with Crippen molar-refractivity contribution in [3.8, 4) is 17.0 Å². The first-order chi connectivity index (χ1) is 14.0. The molecular weight excluding hydrogens is 411 g/mol. The smallest absolute Gasteiger partial charge is 0.391 e. The number of alkyl halides is 5. The van der Waals surface area contributed by atoms with Crippen LogP contribution >= 0.6 is 0 Å². The summed E-state index contributed by atoms with van der Waals surface area (Å²) in [5.74, 6) is -1.73. The fraction of sp³-hybridized carbons (Fsp3) is 0.500. The van der Waals surface area contributed by atoms with Crippen LogP contribution in [0.3, 0.4) is 0 Å². The van der Waals surface area contributed by atoms with Crippen molar-refractivity contribution in [3.05, 3.63) is 35.0 Å². The lowest BCUT2D eigenvalue weighted by Crippen LogP contribution is -2.21. The van der Waals surface area contributed by atoms with Crippen molar-refractivity contribution in [2.75, 3.05) is 0 Å². The van der Waals surface area contributed by atoms with Gasteiger partial charge in [-0.25, -0.2) is 0 Å². The third kappa shape index (κ3) is 6.38. The average Bonchev–Trinajstić information content (AvgIpc) is 2.97. The number of hydrogen-bond donors (Lipinski definition) is 0. The van der Waals surface area contributed by atoms with E-state index in [2.05, 4.69) is 9.84 Å². The zero-order valence-corrected chi connectivity index (χ0v) is 17.0. The van der Waals surface area contributed by atoms with Gasteiger partial charge in [-0.15, -0.1) is 0 Å². The molecule has 0 amide bonds. The summed E-state index contributed by atoms with van der Waals surface area (Å²) < 4.78 is 70.7. The molecule has 1 atom stereocenters. The van der Waals surface area contributed by atoms with Crippen molar-refractivity contribution in [1.82, 2.24) is 9.78 Å². The third-order valence-electron chi connectivity index (χ3n) is 4.54. The van der Waals surface area contributed by atoms with E-state index in [0.717, 1.165) is 18.2 Å². The predicted molar refractivity (Wildman–Crippen MR) is 98.0 cm³/mol. The standard InChI is InChI=1S/C19H23F5N2O.CO2/c1-5-15-12(4)17(26(6-2)25-15)14-8-7-13(9-11(3)19(22,23)24)10-16(14)27-18(20)21;2-1-3/h7-8,10-11,18H,5-6,9H2,1-4H3;/t11-;/m1./s1. The second-order valence-corrected chi connectivity index (χ2v) is 6.53. The molecule has 0 unspecified atom stereocenters. The molecule has 0 spiro atoms. The van der Waals surface area contributed by atoms with Gasteiger partial charge in [-0.05, 0) is 49.9 Å². The highest BCUT2D eigenvalue weighted by atomic mass is 19.4. The lowest BCUT2D eigenvalue weighted by atomic mass is 9.97. The summed E-state index contributed by atoms with van der Waals surface area (Å²) in [6.07, 6.45) is -3.73. The van der Waals surface area contributed by atoms with Crippen molar-refractivity contribution < 1.29 is 36.3 Å². The molecule has 0 bridgehead atoms. The summed E-state index contributed by atoms with van der Waals surface area (Å²) in [7, 11) is 0. The number of halogens is 5. The van der Waals surface area contributed by atoms with E-state index in [1.54, 1.807) is 4.68 Å². The van der Waals surface area contributed by atoms with Gasteiger partial charge in [0, 0.05) is 12.1 Å². The van der Waals surface area contributed by atoms with Gasteiger partial charge in [-0.3, -0.25) is 4.68 Å². The van der Waals surface area contributed by atoms with Crippen LogP contribution in [0.15, 0.2) is 18.2 Å². The second kappa shape index (κ2) is 10.9. The average molecular weight is 434 g/mol. The van der Waals surface area contributed by atoms with E-state index in [4.69, 9.17) is 9.59 Å². The zero-order chi connectivity index (χ0) is 23.1. The molecule has 166 valence electrons. The van der Waals surface area contributed by atoms with E-state index in [0.29, 0.717) is 24.2 Å². The van der Waals surface area contributed by atoms with E-state index in [9.17, 15) is 22.0 Å². The van der Waals surface area contributed by atoms with Crippen molar-refractivity contribution >= 4 is 6.15 Å². The van der Waals surface area contributed by atoms with Gasteiger partial charge >= 0.3 is 18.9 Å². The van der Waals surface area contributed by atoms with E-state index in [1.807, 2.05) is 20.8 Å². The molecular formula is C20H23F5N2O3. The first kappa shape index (κ1) is 25.3. The molecule has 0 saturated carbocycles. The van der Waals surface area contributed by atoms with Gasteiger partial charge < -0.3 is 4.74 Å². The van der Waals surface area contributed by atoms with Crippen LogP contribution in [-0.4, -0.2) is 28.7 Å². The number of ether oxygens (including phenoxy) is 1. The number of carbonyl (C=O) groups excluding carboxylic acids is 2. The summed E-state index contributed by atoms with van der Waals surface area (Å²) in [5.41, 5.74) is 3.00. The molecule has 2 aromatic rings. The highest BCUT2D eigenvalue weighted by molar-refractivity contribution is 5.71. The summed E-state index contributed by atoms with van der Waals surface area (Å²) >= 11 is 0. The quantitative estimate of drug-likeness (QED) is 0.562. The summed E-state index contributed by atoms with van der Waals surface area (Å²) in [4.78, 5) is 16.2. The predicted octanol–water partition coefficient (Wildman–Crippen LogP) is 5.20. The summed E-state index contributed by atoms with van der Waals surface area (Å²) in [5, 5.41) is 4.47. The van der Waals surface area contributed by atoms with E-state index >= 15 is 0 Å². The molecule has 10 heteroatoms. The molecule has 0 saturated heterocycles. The molecule has 0 aliphatic carbocycles. The number of nitrogens with zero attached hydrogens (tertiary/aromatic N) is 2. The SMILES string of the molecule is CCc1nn(CC)c(-c2ccc(C[C@@H](C)C(F)(F)F)cc2OC(F)F)c1C.O=C=O. The number of aryl methyl sites for hydroxylation is 2. The zero-order valence-electron chi connectivity index (χ0n) is 17.0. The number of aromatic nitrogens is 2. The topological polar surface area (TPSA) is 61.2 Å². The molecule has 0 N–H and O–H groups in total. The Balaban J connectivity index is 0.00000141. The third-order valence-corrected chi connectivity index (χ3v) is 4.54. The molecule has 30 heavy (non-hydrogen) atoms. The van der Waals surface area contributed by atoms with Crippen LogP contribution in [0.5, 0.6) is 5.75 Å². The van der Waals surface area contributed by atoms with E-state index < -0.39 is 18.7 Å². The number of rotatable bonds is 7. The Morgan fingerprint density at radius 1 is 1.20 bits per heavy atom. The van der Waals surface area contributed by atoms with Crippen LogP contribution in [0, 0.1) is 12.8 Å². The Bertz CT molecular complexity index is 872. The Hall–Kier alpha value is -2.74. The maximum atomic E-state index is 12.9. The van der Waals surface area contributed by atoms with Gasteiger partial charge in [0.25, 0.3) is 0 Å². The first-order valence-electron chi connectivity index (χ1n) is 9.20. The van der Waals surface area contributed by atoms with Gasteiger partial charge in [0.05, 0.1) is 17.3 Å². The van der Waals surface area contributed by atoms with Gasteiger partial charge in [0.15, 0.2) is 0 Å².